The van der Waals surface area contributed by atoms with Gasteiger partial charge in [-0.2, -0.15) is 26.3 Å². The van der Waals surface area contributed by atoms with E-state index in [9.17, 15) is 26.3 Å². The first-order valence-corrected chi connectivity index (χ1v) is 8.41. The minimum Gasteiger partial charge on any atom is -0.314 e. The average Bonchev–Trinajstić information content (AvgIpc) is 2.49. The predicted octanol–water partition coefficient (Wildman–Crippen LogP) is 4.89. The SMILES string of the molecule is Cl.FC(F)(F)c1ccc([C@@H](C2CCC2)N2CCNCC2)c(C(F)(F)F)c1. The molecule has 3 rings (SSSR count). The van der Waals surface area contributed by atoms with Crippen LogP contribution in [-0.2, 0) is 12.4 Å². The Morgan fingerprint density at radius 3 is 2.04 bits per heavy atom. The summed E-state index contributed by atoms with van der Waals surface area (Å²) >= 11 is 0. The molecule has 1 aromatic rings. The topological polar surface area (TPSA) is 15.3 Å². The summed E-state index contributed by atoms with van der Waals surface area (Å²) in [4.78, 5) is 1.98. The quantitative estimate of drug-likeness (QED) is 0.724. The highest BCUT2D eigenvalue weighted by Gasteiger charge is 2.43. The molecule has 1 heterocycles. The summed E-state index contributed by atoms with van der Waals surface area (Å²) in [6, 6.07) is 1.60. The Morgan fingerprint density at radius 1 is 0.962 bits per heavy atom. The number of halogens is 7. The molecule has 2 nitrogen and oxygen atoms in total. The van der Waals surface area contributed by atoms with Gasteiger partial charge >= 0.3 is 12.4 Å². The molecule has 1 saturated heterocycles. The Kier molecular flexibility index (Phi) is 6.51. The van der Waals surface area contributed by atoms with E-state index in [0.29, 0.717) is 26.2 Å². The van der Waals surface area contributed by atoms with Crippen molar-refractivity contribution in [1.82, 2.24) is 10.2 Å². The van der Waals surface area contributed by atoms with Crippen LogP contribution in [0.25, 0.3) is 0 Å². The third-order valence-corrected chi connectivity index (χ3v) is 5.15. The van der Waals surface area contributed by atoms with E-state index in [1.807, 2.05) is 4.90 Å². The largest absolute Gasteiger partial charge is 0.416 e. The van der Waals surface area contributed by atoms with E-state index in [1.54, 1.807) is 0 Å². The molecule has 0 radical (unpaired) electrons. The Balaban J connectivity index is 0.00000243. The van der Waals surface area contributed by atoms with Crippen LogP contribution in [-0.4, -0.2) is 31.1 Å². The van der Waals surface area contributed by atoms with Crippen LogP contribution in [0.5, 0.6) is 0 Å². The highest BCUT2D eigenvalue weighted by molar-refractivity contribution is 5.85. The number of hydrogen-bond acceptors (Lipinski definition) is 2. The summed E-state index contributed by atoms with van der Waals surface area (Å²) < 4.78 is 79.3. The van der Waals surface area contributed by atoms with Gasteiger partial charge in [0.25, 0.3) is 0 Å². The number of rotatable bonds is 3. The second-order valence-electron chi connectivity index (χ2n) is 6.72. The lowest BCUT2D eigenvalue weighted by Gasteiger charge is -2.44. The minimum atomic E-state index is -4.81. The fourth-order valence-corrected chi connectivity index (χ4v) is 3.70. The van der Waals surface area contributed by atoms with Gasteiger partial charge in [0.1, 0.15) is 0 Å². The molecule has 1 saturated carbocycles. The summed E-state index contributed by atoms with van der Waals surface area (Å²) in [7, 11) is 0. The first-order chi connectivity index (χ1) is 11.7. The Bertz CT molecular complexity index is 606. The lowest BCUT2D eigenvalue weighted by Crippen LogP contribution is -2.48. The van der Waals surface area contributed by atoms with Gasteiger partial charge in [0.2, 0.25) is 0 Å². The zero-order chi connectivity index (χ0) is 18.2. The maximum Gasteiger partial charge on any atom is 0.416 e. The molecule has 1 aromatic carbocycles. The van der Waals surface area contributed by atoms with Crippen molar-refractivity contribution in [3.05, 3.63) is 34.9 Å². The zero-order valence-corrected chi connectivity index (χ0v) is 14.8. The second kappa shape index (κ2) is 7.94. The second-order valence-corrected chi connectivity index (χ2v) is 6.72. The van der Waals surface area contributed by atoms with E-state index < -0.39 is 29.5 Å². The van der Waals surface area contributed by atoms with E-state index in [-0.39, 0.29) is 30.0 Å². The van der Waals surface area contributed by atoms with Crippen molar-refractivity contribution >= 4 is 12.4 Å². The van der Waals surface area contributed by atoms with Crippen LogP contribution >= 0.6 is 12.4 Å². The van der Waals surface area contributed by atoms with Gasteiger partial charge in [0, 0.05) is 32.2 Å². The first-order valence-electron chi connectivity index (χ1n) is 8.41. The van der Waals surface area contributed by atoms with Crippen LogP contribution in [0.15, 0.2) is 18.2 Å². The standard InChI is InChI=1S/C17H20F6N2.ClH/c18-16(19,20)12-4-5-13(14(10-12)17(21,22)23)15(11-2-1-3-11)25-8-6-24-7-9-25;/h4-5,10-11,15,24H,1-3,6-9H2;1H/t15-;/m1./s1. The van der Waals surface area contributed by atoms with Crippen molar-refractivity contribution in [2.24, 2.45) is 5.92 Å². The number of benzene rings is 1. The lowest BCUT2D eigenvalue weighted by atomic mass is 9.75. The van der Waals surface area contributed by atoms with E-state index in [4.69, 9.17) is 0 Å². The zero-order valence-electron chi connectivity index (χ0n) is 14.0. The highest BCUT2D eigenvalue weighted by Crippen LogP contribution is 2.46. The molecule has 2 fully saturated rings. The third kappa shape index (κ3) is 4.46. The van der Waals surface area contributed by atoms with Gasteiger partial charge in [-0.3, -0.25) is 4.90 Å². The third-order valence-electron chi connectivity index (χ3n) is 5.15. The smallest absolute Gasteiger partial charge is 0.314 e. The van der Waals surface area contributed by atoms with Gasteiger partial charge in [0.15, 0.2) is 0 Å². The van der Waals surface area contributed by atoms with Gasteiger partial charge < -0.3 is 5.32 Å². The van der Waals surface area contributed by atoms with Crippen molar-refractivity contribution in [2.45, 2.75) is 37.7 Å². The number of alkyl halides is 6. The van der Waals surface area contributed by atoms with Crippen LogP contribution < -0.4 is 5.32 Å². The van der Waals surface area contributed by atoms with Crippen molar-refractivity contribution in [3.8, 4) is 0 Å². The van der Waals surface area contributed by atoms with Crippen molar-refractivity contribution in [3.63, 3.8) is 0 Å². The van der Waals surface area contributed by atoms with Gasteiger partial charge in [-0.15, -0.1) is 12.4 Å². The summed E-state index contributed by atoms with van der Waals surface area (Å²) in [5, 5.41) is 3.16. The molecule has 26 heavy (non-hydrogen) atoms. The molecule has 0 amide bonds. The van der Waals surface area contributed by atoms with Crippen molar-refractivity contribution in [1.29, 1.82) is 0 Å². The molecule has 9 heteroatoms. The van der Waals surface area contributed by atoms with E-state index >= 15 is 0 Å². The number of nitrogens with one attached hydrogen (secondary N) is 1. The Labute approximate surface area is 154 Å². The van der Waals surface area contributed by atoms with Crippen LogP contribution in [0.1, 0.15) is 42.0 Å². The molecular weight excluding hydrogens is 382 g/mol. The van der Waals surface area contributed by atoms with Crippen LogP contribution in [0.2, 0.25) is 0 Å². The molecule has 0 aromatic heterocycles. The van der Waals surface area contributed by atoms with Gasteiger partial charge in [-0.25, -0.2) is 0 Å². The maximum absolute atomic E-state index is 13.5. The summed E-state index contributed by atoms with van der Waals surface area (Å²) in [6.45, 7) is 2.54. The van der Waals surface area contributed by atoms with E-state index in [0.717, 1.165) is 31.4 Å². The molecular formula is C17H21ClF6N2. The van der Waals surface area contributed by atoms with Crippen molar-refractivity contribution in [2.75, 3.05) is 26.2 Å². The molecule has 2 aliphatic rings. The normalized spacial score (nSPS) is 21.0. The van der Waals surface area contributed by atoms with Gasteiger partial charge in [-0.1, -0.05) is 12.5 Å². The summed E-state index contributed by atoms with van der Waals surface area (Å²) in [6.07, 6.45) is -7.03. The molecule has 1 aliphatic carbocycles. The summed E-state index contributed by atoms with van der Waals surface area (Å²) in [5.74, 6) is 0.0657. The molecule has 0 spiro atoms. The van der Waals surface area contributed by atoms with E-state index in [2.05, 4.69) is 5.32 Å². The molecule has 148 valence electrons. The number of piperazine rings is 1. The van der Waals surface area contributed by atoms with Gasteiger partial charge in [0.05, 0.1) is 11.1 Å². The predicted molar refractivity (Wildman–Crippen MR) is 88.2 cm³/mol. The monoisotopic (exact) mass is 402 g/mol. The Hall–Kier alpha value is -0.990. The molecule has 1 atom stereocenters. The number of nitrogens with zero attached hydrogens (tertiary/aromatic N) is 1. The molecule has 1 aliphatic heterocycles. The highest BCUT2D eigenvalue weighted by atomic mass is 35.5. The lowest BCUT2D eigenvalue weighted by molar-refractivity contribution is -0.144. The van der Waals surface area contributed by atoms with Crippen molar-refractivity contribution < 1.29 is 26.3 Å². The molecule has 1 N–H and O–H groups in total. The fourth-order valence-electron chi connectivity index (χ4n) is 3.70. The molecule has 0 bridgehead atoms. The number of hydrogen-bond donors (Lipinski definition) is 1. The van der Waals surface area contributed by atoms with Crippen LogP contribution in [0.3, 0.4) is 0 Å². The first kappa shape index (κ1) is 21.3. The minimum absolute atomic E-state index is 0. The molecule has 0 unspecified atom stereocenters. The summed E-state index contributed by atoms with van der Waals surface area (Å²) in [5.41, 5.74) is -2.43. The van der Waals surface area contributed by atoms with Crippen LogP contribution in [0.4, 0.5) is 26.3 Å². The fraction of sp³-hybridized carbons (Fsp3) is 0.647. The maximum atomic E-state index is 13.5. The Morgan fingerprint density at radius 2 is 1.58 bits per heavy atom. The van der Waals surface area contributed by atoms with E-state index in [1.165, 1.54) is 0 Å². The van der Waals surface area contributed by atoms with Crippen LogP contribution in [0, 0.1) is 5.92 Å². The average molecular weight is 403 g/mol. The van der Waals surface area contributed by atoms with Gasteiger partial charge in [-0.05, 0) is 36.5 Å².